The lowest BCUT2D eigenvalue weighted by Crippen LogP contribution is -2.52. The molecule has 3 fully saturated rings. The summed E-state index contributed by atoms with van der Waals surface area (Å²) < 4.78 is 28.8. The average molecular weight is 315 g/mol. The fourth-order valence-corrected chi connectivity index (χ4v) is 5.70. The number of nitrogens with zero attached hydrogens (tertiary/aromatic N) is 3. The zero-order valence-corrected chi connectivity index (χ0v) is 13.9. The molecule has 0 amide bonds. The lowest BCUT2D eigenvalue weighted by molar-refractivity contribution is 0.115. The smallest absolute Gasteiger partial charge is 0.281 e. The van der Waals surface area contributed by atoms with Crippen molar-refractivity contribution in [1.29, 1.82) is 0 Å². The molecule has 0 saturated carbocycles. The Hall–Kier alpha value is -0.170. The van der Waals surface area contributed by atoms with Crippen molar-refractivity contribution in [2.24, 2.45) is 0 Å². The molecule has 3 saturated heterocycles. The fraction of sp³-hybridized carbons (Fsp3) is 1.00. The third kappa shape index (κ3) is 3.60. The van der Waals surface area contributed by atoms with E-state index in [2.05, 4.69) is 4.90 Å². The standard InChI is InChI=1S/C15H29N3O2S/c19-21(20,17-11-5-2-6-12-17)18-13-7-15(8-14-18)16-9-3-1-4-10-16/h15H,1-14H2. The molecule has 0 spiro atoms. The predicted octanol–water partition coefficient (Wildman–Crippen LogP) is 1.67. The van der Waals surface area contributed by atoms with Crippen LogP contribution in [0.15, 0.2) is 0 Å². The van der Waals surface area contributed by atoms with E-state index in [0.717, 1.165) is 25.7 Å². The molecule has 3 aliphatic rings. The molecular formula is C15H29N3O2S. The van der Waals surface area contributed by atoms with Crippen LogP contribution in [0.4, 0.5) is 0 Å². The molecule has 0 N–H and O–H groups in total. The second-order valence-electron chi connectivity index (χ2n) is 6.69. The van der Waals surface area contributed by atoms with E-state index in [9.17, 15) is 8.42 Å². The van der Waals surface area contributed by atoms with Crippen molar-refractivity contribution in [2.75, 3.05) is 39.3 Å². The minimum absolute atomic E-state index is 0.609. The van der Waals surface area contributed by atoms with Gasteiger partial charge in [-0.15, -0.1) is 0 Å². The van der Waals surface area contributed by atoms with Gasteiger partial charge in [0.2, 0.25) is 0 Å². The molecule has 0 aromatic carbocycles. The lowest BCUT2D eigenvalue weighted by atomic mass is 10.0. The maximum atomic E-state index is 12.7. The highest BCUT2D eigenvalue weighted by Gasteiger charge is 2.34. The normalized spacial score (nSPS) is 28.8. The highest BCUT2D eigenvalue weighted by Crippen LogP contribution is 2.24. The van der Waals surface area contributed by atoms with Gasteiger partial charge in [-0.3, -0.25) is 0 Å². The maximum Gasteiger partial charge on any atom is 0.281 e. The van der Waals surface area contributed by atoms with Crippen molar-refractivity contribution < 1.29 is 8.42 Å². The van der Waals surface area contributed by atoms with Crippen LogP contribution in [0.1, 0.15) is 51.4 Å². The summed E-state index contributed by atoms with van der Waals surface area (Å²) in [7, 11) is -3.19. The first-order valence-corrected chi connectivity index (χ1v) is 10.1. The Bertz CT molecular complexity index is 420. The summed E-state index contributed by atoms with van der Waals surface area (Å²) in [5.41, 5.74) is 0. The first-order chi connectivity index (χ1) is 10.2. The summed E-state index contributed by atoms with van der Waals surface area (Å²) >= 11 is 0. The van der Waals surface area contributed by atoms with Crippen LogP contribution < -0.4 is 0 Å². The molecule has 0 atom stereocenters. The Kier molecular flexibility index (Phi) is 5.19. The largest absolute Gasteiger partial charge is 0.300 e. The highest BCUT2D eigenvalue weighted by atomic mass is 32.2. The predicted molar refractivity (Wildman–Crippen MR) is 84.4 cm³/mol. The van der Waals surface area contributed by atoms with Gasteiger partial charge in [-0.05, 0) is 51.6 Å². The highest BCUT2D eigenvalue weighted by molar-refractivity contribution is 7.86. The summed E-state index contributed by atoms with van der Waals surface area (Å²) in [6.45, 7) is 5.27. The Morgan fingerprint density at radius 2 is 1.10 bits per heavy atom. The van der Waals surface area contributed by atoms with Crippen LogP contribution in [0.25, 0.3) is 0 Å². The second kappa shape index (κ2) is 6.94. The summed E-state index contributed by atoms with van der Waals surface area (Å²) in [5.74, 6) is 0. The molecule has 0 unspecified atom stereocenters. The van der Waals surface area contributed by atoms with Crippen LogP contribution in [0.5, 0.6) is 0 Å². The summed E-state index contributed by atoms with van der Waals surface area (Å²) in [5, 5.41) is 0. The Balaban J connectivity index is 1.54. The van der Waals surface area contributed by atoms with Crippen molar-refractivity contribution in [3.05, 3.63) is 0 Å². The average Bonchev–Trinajstić information content (AvgIpc) is 2.57. The van der Waals surface area contributed by atoms with Gasteiger partial charge in [-0.1, -0.05) is 12.8 Å². The van der Waals surface area contributed by atoms with Gasteiger partial charge in [0.25, 0.3) is 10.2 Å². The number of hydrogen-bond donors (Lipinski definition) is 0. The maximum absolute atomic E-state index is 12.7. The topological polar surface area (TPSA) is 43.9 Å². The first-order valence-electron chi connectivity index (χ1n) is 8.67. The van der Waals surface area contributed by atoms with Gasteiger partial charge < -0.3 is 4.90 Å². The summed E-state index contributed by atoms with van der Waals surface area (Å²) in [4.78, 5) is 2.59. The van der Waals surface area contributed by atoms with E-state index in [1.165, 1.54) is 38.8 Å². The van der Waals surface area contributed by atoms with E-state index >= 15 is 0 Å². The molecule has 0 aromatic rings. The molecule has 0 bridgehead atoms. The summed E-state index contributed by atoms with van der Waals surface area (Å²) in [6, 6.07) is 0.609. The van der Waals surface area contributed by atoms with Crippen LogP contribution in [0, 0.1) is 0 Å². The van der Waals surface area contributed by atoms with Gasteiger partial charge in [0.1, 0.15) is 0 Å². The van der Waals surface area contributed by atoms with E-state index in [4.69, 9.17) is 0 Å². The van der Waals surface area contributed by atoms with Crippen molar-refractivity contribution in [2.45, 2.75) is 57.4 Å². The quantitative estimate of drug-likeness (QED) is 0.796. The van der Waals surface area contributed by atoms with E-state index in [0.29, 0.717) is 32.2 Å². The number of piperidine rings is 3. The molecule has 3 rings (SSSR count). The molecular weight excluding hydrogens is 286 g/mol. The minimum Gasteiger partial charge on any atom is -0.300 e. The van der Waals surface area contributed by atoms with Crippen LogP contribution in [0.2, 0.25) is 0 Å². The number of likely N-dealkylation sites (tertiary alicyclic amines) is 1. The third-order valence-corrected chi connectivity index (χ3v) is 7.33. The molecule has 3 aliphatic heterocycles. The van der Waals surface area contributed by atoms with Crippen molar-refractivity contribution in [3.63, 3.8) is 0 Å². The van der Waals surface area contributed by atoms with E-state index in [1.807, 2.05) is 0 Å². The first kappa shape index (κ1) is 15.7. The lowest BCUT2D eigenvalue weighted by Gasteiger charge is -2.41. The van der Waals surface area contributed by atoms with Gasteiger partial charge >= 0.3 is 0 Å². The zero-order valence-electron chi connectivity index (χ0n) is 13.0. The zero-order chi connectivity index (χ0) is 14.7. The fourth-order valence-electron chi connectivity index (χ4n) is 3.98. The molecule has 3 heterocycles. The molecule has 0 radical (unpaired) electrons. The van der Waals surface area contributed by atoms with Gasteiger partial charge in [-0.25, -0.2) is 0 Å². The minimum atomic E-state index is -3.19. The van der Waals surface area contributed by atoms with Crippen LogP contribution in [-0.4, -0.2) is 67.2 Å². The van der Waals surface area contributed by atoms with E-state index in [1.54, 1.807) is 8.61 Å². The molecule has 21 heavy (non-hydrogen) atoms. The number of rotatable bonds is 3. The van der Waals surface area contributed by atoms with E-state index < -0.39 is 10.2 Å². The molecule has 0 aliphatic carbocycles. The third-order valence-electron chi connectivity index (χ3n) is 5.30. The van der Waals surface area contributed by atoms with Crippen molar-refractivity contribution >= 4 is 10.2 Å². The molecule has 0 aromatic heterocycles. The van der Waals surface area contributed by atoms with Crippen molar-refractivity contribution in [1.82, 2.24) is 13.5 Å². The Labute approximate surface area is 129 Å². The summed E-state index contributed by atoms with van der Waals surface area (Å²) in [6.07, 6.45) is 9.20. The van der Waals surface area contributed by atoms with Crippen LogP contribution >= 0.6 is 0 Å². The van der Waals surface area contributed by atoms with Gasteiger partial charge in [-0.2, -0.15) is 17.0 Å². The molecule has 5 nitrogen and oxygen atoms in total. The number of hydrogen-bond acceptors (Lipinski definition) is 3. The molecule has 122 valence electrons. The second-order valence-corrected chi connectivity index (χ2v) is 8.62. The van der Waals surface area contributed by atoms with Gasteiger partial charge in [0.05, 0.1) is 0 Å². The van der Waals surface area contributed by atoms with Crippen LogP contribution in [0.3, 0.4) is 0 Å². The van der Waals surface area contributed by atoms with Crippen LogP contribution in [-0.2, 0) is 10.2 Å². The Morgan fingerprint density at radius 1 is 0.619 bits per heavy atom. The van der Waals surface area contributed by atoms with Gasteiger partial charge in [0.15, 0.2) is 0 Å². The van der Waals surface area contributed by atoms with Gasteiger partial charge in [0, 0.05) is 32.2 Å². The Morgan fingerprint density at radius 3 is 1.67 bits per heavy atom. The van der Waals surface area contributed by atoms with E-state index in [-0.39, 0.29) is 0 Å². The monoisotopic (exact) mass is 315 g/mol. The van der Waals surface area contributed by atoms with Crippen molar-refractivity contribution in [3.8, 4) is 0 Å². The molecule has 6 heteroatoms. The SMILES string of the molecule is O=S(=O)(N1CCCCC1)N1CCC(N2CCCCC2)CC1.